The Morgan fingerprint density at radius 3 is 2.15 bits per heavy atom. The van der Waals surface area contributed by atoms with Crippen molar-refractivity contribution in [3.63, 3.8) is 0 Å². The molecule has 0 aromatic heterocycles. The molecule has 0 aliphatic rings. The van der Waals surface area contributed by atoms with E-state index in [1.54, 1.807) is 0 Å². The first-order valence-corrected chi connectivity index (χ1v) is 9.32. The van der Waals surface area contributed by atoms with Crippen LogP contribution in [-0.4, -0.2) is 6.54 Å². The average Bonchev–Trinajstić information content (AvgIpc) is 2.38. The van der Waals surface area contributed by atoms with Gasteiger partial charge in [-0.25, -0.2) is 0 Å². The summed E-state index contributed by atoms with van der Waals surface area (Å²) in [6.45, 7) is 3.01. The van der Waals surface area contributed by atoms with Crippen molar-refractivity contribution < 1.29 is 0 Å². The van der Waals surface area contributed by atoms with Crippen LogP contribution in [-0.2, 0) is 0 Å². The molecule has 2 aromatic rings. The predicted octanol–water partition coefficient (Wildman–Crippen LogP) is 6.44. The van der Waals surface area contributed by atoms with Gasteiger partial charge in [0, 0.05) is 17.9 Å². The highest BCUT2D eigenvalue weighted by Crippen LogP contribution is 2.33. The zero-order valence-corrected chi connectivity index (χ0v) is 17.1. The predicted molar refractivity (Wildman–Crippen MR) is 99.2 cm³/mol. The second-order valence-electron chi connectivity index (χ2n) is 4.36. The van der Waals surface area contributed by atoms with Crippen molar-refractivity contribution >= 4 is 63.7 Å². The van der Waals surface area contributed by atoms with Gasteiger partial charge in [-0.05, 0) is 54.1 Å². The first kappa shape index (κ1) is 16.7. The van der Waals surface area contributed by atoms with Gasteiger partial charge in [0.1, 0.15) is 0 Å². The number of hydrogen-bond acceptors (Lipinski definition) is 1. The van der Waals surface area contributed by atoms with Gasteiger partial charge in [-0.15, -0.1) is 0 Å². The van der Waals surface area contributed by atoms with Gasteiger partial charge in [-0.2, -0.15) is 0 Å². The van der Waals surface area contributed by atoms with E-state index in [0.29, 0.717) is 0 Å². The van der Waals surface area contributed by atoms with Crippen molar-refractivity contribution in [2.75, 3.05) is 6.54 Å². The molecule has 20 heavy (non-hydrogen) atoms. The minimum atomic E-state index is 0.140. The smallest absolute Gasteiger partial charge is 0.0588 e. The van der Waals surface area contributed by atoms with Gasteiger partial charge in [0.25, 0.3) is 0 Å². The molecular formula is C15H13Br4N. The molecule has 0 bridgehead atoms. The lowest BCUT2D eigenvalue weighted by Crippen LogP contribution is -2.22. The molecule has 2 rings (SSSR count). The highest BCUT2D eigenvalue weighted by Gasteiger charge is 2.17. The number of nitrogens with one attached hydrogen (secondary N) is 1. The van der Waals surface area contributed by atoms with Crippen LogP contribution in [0, 0.1) is 0 Å². The maximum Gasteiger partial charge on any atom is 0.0588 e. The van der Waals surface area contributed by atoms with Gasteiger partial charge in [0.15, 0.2) is 0 Å². The first-order chi connectivity index (χ1) is 9.51. The Hall–Kier alpha value is 0.320. The number of benzene rings is 2. The van der Waals surface area contributed by atoms with Crippen LogP contribution in [0.15, 0.2) is 54.3 Å². The molecule has 0 aliphatic carbocycles. The van der Waals surface area contributed by atoms with E-state index >= 15 is 0 Å². The van der Waals surface area contributed by atoms with Crippen LogP contribution < -0.4 is 5.32 Å². The Morgan fingerprint density at radius 2 is 1.55 bits per heavy atom. The van der Waals surface area contributed by atoms with Crippen molar-refractivity contribution in [2.24, 2.45) is 0 Å². The van der Waals surface area contributed by atoms with E-state index in [4.69, 9.17) is 0 Å². The number of rotatable bonds is 4. The van der Waals surface area contributed by atoms with E-state index < -0.39 is 0 Å². The van der Waals surface area contributed by atoms with E-state index in [1.807, 2.05) is 12.1 Å². The molecule has 5 heteroatoms. The number of halogens is 4. The van der Waals surface area contributed by atoms with Crippen LogP contribution in [0.1, 0.15) is 24.1 Å². The maximum atomic E-state index is 3.65. The molecule has 0 saturated carbocycles. The SMILES string of the molecule is CCNC(c1cc(Br)cc(Br)c1)c1cc(Br)ccc1Br. The molecule has 106 valence electrons. The fraction of sp³-hybridized carbons (Fsp3) is 0.200. The molecule has 0 fully saturated rings. The monoisotopic (exact) mass is 523 g/mol. The quantitative estimate of drug-likeness (QED) is 0.484. The van der Waals surface area contributed by atoms with Crippen molar-refractivity contribution in [3.05, 3.63) is 65.4 Å². The lowest BCUT2D eigenvalue weighted by Gasteiger charge is -2.21. The maximum absolute atomic E-state index is 3.65. The molecule has 0 saturated heterocycles. The fourth-order valence-electron chi connectivity index (χ4n) is 2.09. The second kappa shape index (κ2) is 7.54. The Labute approximate surface area is 153 Å². The van der Waals surface area contributed by atoms with Crippen molar-refractivity contribution in [1.29, 1.82) is 0 Å². The molecule has 0 radical (unpaired) electrons. The van der Waals surface area contributed by atoms with E-state index in [2.05, 4.69) is 100 Å². The van der Waals surface area contributed by atoms with Crippen molar-refractivity contribution in [2.45, 2.75) is 13.0 Å². The second-order valence-corrected chi connectivity index (χ2v) is 7.96. The summed E-state index contributed by atoms with van der Waals surface area (Å²) in [5.41, 5.74) is 2.43. The van der Waals surface area contributed by atoms with Crippen molar-refractivity contribution in [3.8, 4) is 0 Å². The standard InChI is InChI=1S/C15H13Br4N/c1-2-20-15(9-5-11(17)7-12(18)6-9)13-8-10(16)3-4-14(13)19/h3-8,15,20H,2H2,1H3. The minimum Gasteiger partial charge on any atom is -0.306 e. The molecule has 1 nitrogen and oxygen atoms in total. The zero-order valence-electron chi connectivity index (χ0n) is 10.8. The molecular weight excluding hydrogens is 514 g/mol. The Kier molecular flexibility index (Phi) is 6.29. The summed E-state index contributed by atoms with van der Waals surface area (Å²) in [5, 5.41) is 3.55. The summed E-state index contributed by atoms with van der Waals surface area (Å²) in [5.74, 6) is 0. The van der Waals surface area contributed by atoms with E-state index in [-0.39, 0.29) is 6.04 Å². The molecule has 0 amide bonds. The summed E-state index contributed by atoms with van der Waals surface area (Å²) >= 11 is 14.3. The summed E-state index contributed by atoms with van der Waals surface area (Å²) in [6.07, 6.45) is 0. The Morgan fingerprint density at radius 1 is 0.900 bits per heavy atom. The third kappa shape index (κ3) is 4.17. The minimum absolute atomic E-state index is 0.140. The molecule has 0 heterocycles. The molecule has 1 atom stereocenters. The van der Waals surface area contributed by atoms with E-state index in [1.165, 1.54) is 11.1 Å². The van der Waals surface area contributed by atoms with Gasteiger partial charge in [-0.1, -0.05) is 70.6 Å². The number of hydrogen-bond donors (Lipinski definition) is 1. The summed E-state index contributed by atoms with van der Waals surface area (Å²) < 4.78 is 4.31. The molecule has 0 spiro atoms. The van der Waals surface area contributed by atoms with Gasteiger partial charge >= 0.3 is 0 Å². The van der Waals surface area contributed by atoms with Crippen LogP contribution in [0.2, 0.25) is 0 Å². The van der Waals surface area contributed by atoms with Gasteiger partial charge < -0.3 is 5.32 Å². The average molecular weight is 527 g/mol. The van der Waals surface area contributed by atoms with Gasteiger partial charge in [-0.3, -0.25) is 0 Å². The highest BCUT2D eigenvalue weighted by atomic mass is 79.9. The zero-order chi connectivity index (χ0) is 14.7. The third-order valence-electron chi connectivity index (χ3n) is 2.90. The van der Waals surface area contributed by atoms with Crippen LogP contribution in [0.5, 0.6) is 0 Å². The molecule has 2 aromatic carbocycles. The van der Waals surface area contributed by atoms with Gasteiger partial charge in [0.05, 0.1) is 6.04 Å². The van der Waals surface area contributed by atoms with Crippen LogP contribution in [0.25, 0.3) is 0 Å². The summed E-state index contributed by atoms with van der Waals surface area (Å²) in [7, 11) is 0. The van der Waals surface area contributed by atoms with E-state index in [0.717, 1.165) is 24.4 Å². The Bertz CT molecular complexity index is 593. The van der Waals surface area contributed by atoms with Gasteiger partial charge in [0.2, 0.25) is 0 Å². The first-order valence-electron chi connectivity index (χ1n) is 6.15. The lowest BCUT2D eigenvalue weighted by atomic mass is 9.99. The topological polar surface area (TPSA) is 12.0 Å². The van der Waals surface area contributed by atoms with Crippen LogP contribution >= 0.6 is 63.7 Å². The van der Waals surface area contributed by atoms with Crippen LogP contribution in [0.3, 0.4) is 0 Å². The summed E-state index contributed by atoms with van der Waals surface area (Å²) in [6, 6.07) is 12.7. The Balaban J connectivity index is 2.52. The lowest BCUT2D eigenvalue weighted by molar-refractivity contribution is 0.628. The normalized spacial score (nSPS) is 12.4. The van der Waals surface area contributed by atoms with Crippen molar-refractivity contribution in [1.82, 2.24) is 5.32 Å². The molecule has 0 aliphatic heterocycles. The molecule has 1 unspecified atom stereocenters. The largest absolute Gasteiger partial charge is 0.306 e. The fourth-order valence-corrected chi connectivity index (χ4v) is 4.27. The molecule has 1 N–H and O–H groups in total. The summed E-state index contributed by atoms with van der Waals surface area (Å²) in [4.78, 5) is 0. The highest BCUT2D eigenvalue weighted by molar-refractivity contribution is 9.11. The van der Waals surface area contributed by atoms with E-state index in [9.17, 15) is 0 Å². The third-order valence-corrected chi connectivity index (χ3v) is 5.03. The van der Waals surface area contributed by atoms with Crippen LogP contribution in [0.4, 0.5) is 0 Å².